The normalized spacial score (nSPS) is 12.2. The monoisotopic (exact) mass is 267 g/mol. The lowest BCUT2D eigenvalue weighted by molar-refractivity contribution is 0.0939. The van der Waals surface area contributed by atoms with Crippen LogP contribution in [-0.2, 0) is 0 Å². The van der Waals surface area contributed by atoms with Crippen molar-refractivity contribution in [3.8, 4) is 0 Å². The van der Waals surface area contributed by atoms with E-state index in [1.807, 2.05) is 6.92 Å². The van der Waals surface area contributed by atoms with E-state index in [2.05, 4.69) is 15.5 Å². The average Bonchev–Trinajstić information content (AvgIpc) is 2.86. The topological polar surface area (TPSA) is 57.8 Å². The van der Waals surface area contributed by atoms with Gasteiger partial charge in [0.15, 0.2) is 0 Å². The molecule has 0 saturated heterocycles. The molecule has 1 atom stereocenters. The molecular weight excluding hydrogens is 257 g/mol. The fourth-order valence-corrected chi connectivity index (χ4v) is 1.62. The third-order valence-corrected chi connectivity index (χ3v) is 2.86. The predicted molar refractivity (Wildman–Crippen MR) is 65.9 cm³/mol. The number of hydrogen-bond acceptors (Lipinski definition) is 2. The Bertz CT molecular complexity index is 556. The molecule has 2 rings (SSSR count). The maximum atomic E-state index is 13.2. The van der Waals surface area contributed by atoms with Gasteiger partial charge in [-0.2, -0.15) is 5.10 Å². The molecule has 6 heteroatoms. The lowest BCUT2D eigenvalue weighted by Gasteiger charge is -2.12. The molecule has 0 aliphatic rings. The Morgan fingerprint density at radius 3 is 2.94 bits per heavy atom. The summed E-state index contributed by atoms with van der Waals surface area (Å²) in [6.45, 7) is 1.81. The van der Waals surface area contributed by atoms with Crippen LogP contribution in [0.15, 0.2) is 30.6 Å². The number of carbonyl (C=O) groups excluding carboxylic acids is 1. The molecule has 0 aliphatic heterocycles. The fraction of sp³-hybridized carbons (Fsp3) is 0.167. The minimum absolute atomic E-state index is 0.00515. The first kappa shape index (κ1) is 12.6. The van der Waals surface area contributed by atoms with Crippen LogP contribution in [0.2, 0.25) is 5.02 Å². The van der Waals surface area contributed by atoms with Gasteiger partial charge in [-0.1, -0.05) is 11.6 Å². The van der Waals surface area contributed by atoms with Crippen LogP contribution >= 0.6 is 11.6 Å². The van der Waals surface area contributed by atoms with Crippen molar-refractivity contribution in [2.75, 3.05) is 0 Å². The first-order chi connectivity index (χ1) is 8.58. The van der Waals surface area contributed by atoms with Gasteiger partial charge in [-0.05, 0) is 25.1 Å². The van der Waals surface area contributed by atoms with Crippen LogP contribution in [0, 0.1) is 5.82 Å². The minimum atomic E-state index is -0.611. The van der Waals surface area contributed by atoms with Crippen LogP contribution in [0.1, 0.15) is 28.9 Å². The molecule has 0 aliphatic carbocycles. The van der Waals surface area contributed by atoms with Crippen molar-refractivity contribution in [2.24, 2.45) is 0 Å². The highest BCUT2D eigenvalue weighted by Crippen LogP contribution is 2.16. The quantitative estimate of drug-likeness (QED) is 0.898. The van der Waals surface area contributed by atoms with Crippen LogP contribution in [0.25, 0.3) is 0 Å². The second-order valence-corrected chi connectivity index (χ2v) is 4.26. The number of nitrogens with zero attached hydrogens (tertiary/aromatic N) is 1. The van der Waals surface area contributed by atoms with Gasteiger partial charge >= 0.3 is 0 Å². The third-order valence-electron chi connectivity index (χ3n) is 2.55. The number of amides is 1. The van der Waals surface area contributed by atoms with Crippen molar-refractivity contribution in [2.45, 2.75) is 13.0 Å². The molecule has 1 unspecified atom stereocenters. The summed E-state index contributed by atoms with van der Waals surface area (Å²) in [5.74, 6) is -0.973. The number of hydrogen-bond donors (Lipinski definition) is 2. The van der Waals surface area contributed by atoms with Gasteiger partial charge in [0, 0.05) is 17.3 Å². The molecule has 0 bridgehead atoms. The summed E-state index contributed by atoms with van der Waals surface area (Å²) in [5.41, 5.74) is 1.07. The highest BCUT2D eigenvalue weighted by molar-refractivity contribution is 6.30. The summed E-state index contributed by atoms with van der Waals surface area (Å²) in [4.78, 5) is 11.9. The minimum Gasteiger partial charge on any atom is -0.345 e. The molecule has 4 nitrogen and oxygen atoms in total. The van der Waals surface area contributed by atoms with Gasteiger partial charge < -0.3 is 5.32 Å². The van der Waals surface area contributed by atoms with Crippen molar-refractivity contribution in [3.05, 3.63) is 52.6 Å². The number of benzene rings is 1. The fourth-order valence-electron chi connectivity index (χ4n) is 1.50. The number of nitrogens with one attached hydrogen (secondary N) is 2. The van der Waals surface area contributed by atoms with E-state index < -0.39 is 5.82 Å². The van der Waals surface area contributed by atoms with E-state index in [1.54, 1.807) is 12.4 Å². The van der Waals surface area contributed by atoms with Crippen LogP contribution < -0.4 is 5.32 Å². The van der Waals surface area contributed by atoms with Crippen molar-refractivity contribution in [3.63, 3.8) is 0 Å². The SMILES string of the molecule is CC(NC(=O)c1ccc(Cl)c(F)c1)c1cn[nH]c1. The van der Waals surface area contributed by atoms with E-state index in [9.17, 15) is 9.18 Å². The van der Waals surface area contributed by atoms with Gasteiger partial charge in [0.1, 0.15) is 5.82 Å². The van der Waals surface area contributed by atoms with E-state index in [1.165, 1.54) is 12.1 Å². The summed E-state index contributed by atoms with van der Waals surface area (Å²) < 4.78 is 13.2. The second kappa shape index (κ2) is 5.18. The Morgan fingerprint density at radius 1 is 1.56 bits per heavy atom. The van der Waals surface area contributed by atoms with Gasteiger partial charge in [-0.15, -0.1) is 0 Å². The lowest BCUT2D eigenvalue weighted by atomic mass is 10.1. The van der Waals surface area contributed by atoms with Crippen molar-refractivity contribution in [1.82, 2.24) is 15.5 Å². The molecule has 1 heterocycles. The summed E-state index contributed by atoms with van der Waals surface area (Å²) >= 11 is 5.55. The first-order valence-corrected chi connectivity index (χ1v) is 5.70. The molecule has 18 heavy (non-hydrogen) atoms. The van der Waals surface area contributed by atoms with E-state index in [0.717, 1.165) is 11.6 Å². The molecule has 0 radical (unpaired) electrons. The molecule has 0 saturated carbocycles. The molecule has 1 amide bonds. The second-order valence-electron chi connectivity index (χ2n) is 3.86. The van der Waals surface area contributed by atoms with Gasteiger partial charge in [-0.3, -0.25) is 9.89 Å². The number of H-pyrrole nitrogens is 1. The van der Waals surface area contributed by atoms with Crippen LogP contribution in [0.4, 0.5) is 4.39 Å². The zero-order valence-corrected chi connectivity index (χ0v) is 10.3. The molecule has 1 aromatic heterocycles. The molecule has 2 aromatic rings. The molecule has 94 valence electrons. The Kier molecular flexibility index (Phi) is 3.62. The smallest absolute Gasteiger partial charge is 0.251 e. The van der Waals surface area contributed by atoms with Crippen molar-refractivity contribution < 1.29 is 9.18 Å². The third kappa shape index (κ3) is 2.68. The zero-order chi connectivity index (χ0) is 13.1. The highest BCUT2D eigenvalue weighted by Gasteiger charge is 2.13. The number of aromatic nitrogens is 2. The van der Waals surface area contributed by atoms with Gasteiger partial charge in [0.05, 0.1) is 17.3 Å². The van der Waals surface area contributed by atoms with Crippen LogP contribution in [0.5, 0.6) is 0 Å². The first-order valence-electron chi connectivity index (χ1n) is 5.32. The van der Waals surface area contributed by atoms with E-state index in [0.29, 0.717) is 0 Å². The number of aromatic amines is 1. The maximum absolute atomic E-state index is 13.2. The van der Waals surface area contributed by atoms with E-state index in [-0.39, 0.29) is 22.5 Å². The molecule has 0 spiro atoms. The summed E-state index contributed by atoms with van der Waals surface area (Å²) in [7, 11) is 0. The largest absolute Gasteiger partial charge is 0.345 e. The van der Waals surface area contributed by atoms with E-state index in [4.69, 9.17) is 11.6 Å². The number of rotatable bonds is 3. The number of carbonyl (C=O) groups is 1. The Morgan fingerprint density at radius 2 is 2.33 bits per heavy atom. The predicted octanol–water partition coefficient (Wildman–Crippen LogP) is 2.69. The van der Waals surface area contributed by atoms with Gasteiger partial charge in [0.2, 0.25) is 0 Å². The zero-order valence-electron chi connectivity index (χ0n) is 9.58. The van der Waals surface area contributed by atoms with Crippen molar-refractivity contribution in [1.29, 1.82) is 0 Å². The highest BCUT2D eigenvalue weighted by atomic mass is 35.5. The number of halogens is 2. The van der Waals surface area contributed by atoms with Gasteiger partial charge in [-0.25, -0.2) is 4.39 Å². The molecular formula is C12H11ClFN3O. The Labute approximate surface area is 108 Å². The standard InChI is InChI=1S/C12H11ClFN3O/c1-7(9-5-15-16-6-9)17-12(18)8-2-3-10(13)11(14)4-8/h2-7H,1H3,(H,15,16)(H,17,18). The van der Waals surface area contributed by atoms with Gasteiger partial charge in [0.25, 0.3) is 5.91 Å². The maximum Gasteiger partial charge on any atom is 0.251 e. The van der Waals surface area contributed by atoms with Crippen molar-refractivity contribution >= 4 is 17.5 Å². The van der Waals surface area contributed by atoms with E-state index >= 15 is 0 Å². The Hall–Kier alpha value is -1.88. The van der Waals surface area contributed by atoms with Crippen LogP contribution in [-0.4, -0.2) is 16.1 Å². The summed E-state index contributed by atoms with van der Waals surface area (Å²) in [6, 6.07) is 3.73. The summed E-state index contributed by atoms with van der Waals surface area (Å²) in [6.07, 6.45) is 3.31. The summed E-state index contributed by atoms with van der Waals surface area (Å²) in [5, 5.41) is 9.19. The lowest BCUT2D eigenvalue weighted by Crippen LogP contribution is -2.26. The van der Waals surface area contributed by atoms with Crippen LogP contribution in [0.3, 0.4) is 0 Å². The molecule has 0 fully saturated rings. The Balaban J connectivity index is 2.10. The molecule has 1 aromatic carbocycles. The molecule has 2 N–H and O–H groups in total. The average molecular weight is 268 g/mol.